The summed E-state index contributed by atoms with van der Waals surface area (Å²) in [4.78, 5) is 8.31. The zero-order valence-corrected chi connectivity index (χ0v) is 11.2. The van der Waals surface area contributed by atoms with E-state index in [1.165, 1.54) is 54.7 Å². The number of rotatable bonds is 2. The van der Waals surface area contributed by atoms with Crippen LogP contribution in [0.5, 0.6) is 0 Å². The number of hydrogen-bond donors (Lipinski definition) is 2. The van der Waals surface area contributed by atoms with E-state index in [1.54, 1.807) is 0 Å². The highest BCUT2D eigenvalue weighted by Gasteiger charge is 2.19. The molecule has 1 aliphatic rings. The van der Waals surface area contributed by atoms with Crippen molar-refractivity contribution in [2.24, 2.45) is 0 Å². The maximum Gasteiger partial charge on any atom is 0.110 e. The summed E-state index contributed by atoms with van der Waals surface area (Å²) in [7, 11) is 1.96. The van der Waals surface area contributed by atoms with Gasteiger partial charge in [-0.2, -0.15) is 0 Å². The third-order valence-electron chi connectivity index (χ3n) is 4.11. The number of benzene rings is 1. The third-order valence-corrected chi connectivity index (χ3v) is 4.11. The fourth-order valence-electron chi connectivity index (χ4n) is 3.02. The molecular formula is C15H21N3. The lowest BCUT2D eigenvalue weighted by molar-refractivity contribution is 0.431. The van der Waals surface area contributed by atoms with E-state index in [4.69, 9.17) is 4.98 Å². The Morgan fingerprint density at radius 3 is 2.72 bits per heavy atom. The van der Waals surface area contributed by atoms with E-state index >= 15 is 0 Å². The number of nitrogens with one attached hydrogen (secondary N) is 2. The minimum atomic E-state index is 0.643. The lowest BCUT2D eigenvalue weighted by Crippen LogP contribution is -2.05. The first-order chi connectivity index (χ1) is 8.78. The zero-order chi connectivity index (χ0) is 12.5. The van der Waals surface area contributed by atoms with Gasteiger partial charge in [0.1, 0.15) is 5.82 Å². The number of H-pyrrole nitrogens is 1. The predicted octanol–water partition coefficient (Wildman–Crippen LogP) is 3.96. The molecule has 0 spiro atoms. The number of anilines is 1. The van der Waals surface area contributed by atoms with Crippen LogP contribution in [-0.2, 0) is 0 Å². The standard InChI is InChI=1S/C15H21N3/c1-10-8-13-14(9-12(10)16-2)18-15(17-13)11-6-4-3-5-7-11/h8-9,11,16H,3-7H2,1-2H3,(H,17,18). The highest BCUT2D eigenvalue weighted by Crippen LogP contribution is 2.32. The Balaban J connectivity index is 1.99. The molecular weight excluding hydrogens is 222 g/mol. The molecule has 2 aromatic rings. The number of aryl methyl sites for hydroxylation is 1. The van der Waals surface area contributed by atoms with Gasteiger partial charge in [-0.15, -0.1) is 0 Å². The smallest absolute Gasteiger partial charge is 0.110 e. The summed E-state index contributed by atoms with van der Waals surface area (Å²) in [6, 6.07) is 4.34. The molecule has 0 bridgehead atoms. The van der Waals surface area contributed by atoms with Gasteiger partial charge in [-0.3, -0.25) is 0 Å². The van der Waals surface area contributed by atoms with E-state index in [-0.39, 0.29) is 0 Å². The van der Waals surface area contributed by atoms with Crippen LogP contribution in [0, 0.1) is 6.92 Å². The topological polar surface area (TPSA) is 40.7 Å². The molecule has 2 N–H and O–H groups in total. The molecule has 1 fully saturated rings. The second-order valence-electron chi connectivity index (χ2n) is 5.39. The van der Waals surface area contributed by atoms with Crippen molar-refractivity contribution in [2.45, 2.75) is 44.9 Å². The van der Waals surface area contributed by atoms with Gasteiger partial charge in [0.25, 0.3) is 0 Å². The minimum absolute atomic E-state index is 0.643. The lowest BCUT2D eigenvalue weighted by atomic mass is 9.89. The highest BCUT2D eigenvalue weighted by atomic mass is 14.9. The number of imidazole rings is 1. The molecule has 3 rings (SSSR count). The fraction of sp³-hybridized carbons (Fsp3) is 0.533. The van der Waals surface area contributed by atoms with Crippen molar-refractivity contribution in [1.29, 1.82) is 0 Å². The second kappa shape index (κ2) is 4.63. The number of aromatic amines is 1. The summed E-state index contributed by atoms with van der Waals surface area (Å²) in [5.41, 5.74) is 4.70. The quantitative estimate of drug-likeness (QED) is 0.838. The van der Waals surface area contributed by atoms with Gasteiger partial charge in [0.15, 0.2) is 0 Å². The van der Waals surface area contributed by atoms with Gasteiger partial charge in [0.2, 0.25) is 0 Å². The van der Waals surface area contributed by atoms with Crippen molar-refractivity contribution in [3.05, 3.63) is 23.5 Å². The van der Waals surface area contributed by atoms with E-state index < -0.39 is 0 Å². The SMILES string of the molecule is CNc1cc2nc(C3CCCCC3)[nH]c2cc1C. The van der Waals surface area contributed by atoms with Gasteiger partial charge in [0.05, 0.1) is 11.0 Å². The Morgan fingerprint density at radius 1 is 1.22 bits per heavy atom. The van der Waals surface area contributed by atoms with Gasteiger partial charge in [0, 0.05) is 18.7 Å². The van der Waals surface area contributed by atoms with Crippen LogP contribution in [0.4, 0.5) is 5.69 Å². The maximum absolute atomic E-state index is 4.79. The average molecular weight is 243 g/mol. The van der Waals surface area contributed by atoms with E-state index in [1.807, 2.05) is 7.05 Å². The normalized spacial score (nSPS) is 17.2. The van der Waals surface area contributed by atoms with E-state index in [9.17, 15) is 0 Å². The number of hydrogen-bond acceptors (Lipinski definition) is 2. The van der Waals surface area contributed by atoms with Crippen molar-refractivity contribution in [2.75, 3.05) is 12.4 Å². The van der Waals surface area contributed by atoms with Crippen LogP contribution < -0.4 is 5.32 Å². The van der Waals surface area contributed by atoms with Crippen LogP contribution in [0.1, 0.15) is 49.4 Å². The Morgan fingerprint density at radius 2 is 2.00 bits per heavy atom. The highest BCUT2D eigenvalue weighted by molar-refractivity contribution is 5.81. The Bertz CT molecular complexity index is 550. The first-order valence-corrected chi connectivity index (χ1v) is 6.96. The summed E-state index contributed by atoms with van der Waals surface area (Å²) in [5, 5.41) is 3.22. The molecule has 0 aliphatic heterocycles. The van der Waals surface area contributed by atoms with E-state index in [0.29, 0.717) is 5.92 Å². The second-order valence-corrected chi connectivity index (χ2v) is 5.39. The van der Waals surface area contributed by atoms with Crippen LogP contribution in [0.3, 0.4) is 0 Å². The van der Waals surface area contributed by atoms with Gasteiger partial charge >= 0.3 is 0 Å². The molecule has 0 saturated heterocycles. The molecule has 0 amide bonds. The molecule has 18 heavy (non-hydrogen) atoms. The van der Waals surface area contributed by atoms with Gasteiger partial charge in [-0.05, 0) is 37.5 Å². The van der Waals surface area contributed by atoms with Crippen molar-refractivity contribution in [1.82, 2.24) is 9.97 Å². The Kier molecular flexibility index (Phi) is 2.98. The first-order valence-electron chi connectivity index (χ1n) is 6.96. The molecule has 1 heterocycles. The lowest BCUT2D eigenvalue weighted by Gasteiger charge is -2.18. The summed E-state index contributed by atoms with van der Waals surface area (Å²) in [5.74, 6) is 1.84. The van der Waals surface area contributed by atoms with Gasteiger partial charge in [-0.1, -0.05) is 19.3 Å². The fourth-order valence-corrected chi connectivity index (χ4v) is 3.02. The van der Waals surface area contributed by atoms with Crippen molar-refractivity contribution in [3.8, 4) is 0 Å². The molecule has 1 aliphatic carbocycles. The number of nitrogens with zero attached hydrogens (tertiary/aromatic N) is 1. The zero-order valence-electron chi connectivity index (χ0n) is 11.2. The van der Waals surface area contributed by atoms with Crippen LogP contribution in [0.2, 0.25) is 0 Å². The van der Waals surface area contributed by atoms with Crippen molar-refractivity contribution < 1.29 is 0 Å². The summed E-state index contributed by atoms with van der Waals surface area (Å²) < 4.78 is 0. The Labute approximate surface area is 108 Å². The molecule has 0 unspecified atom stereocenters. The molecule has 3 nitrogen and oxygen atoms in total. The predicted molar refractivity (Wildman–Crippen MR) is 76.2 cm³/mol. The summed E-state index contributed by atoms with van der Waals surface area (Å²) in [6.07, 6.45) is 6.67. The van der Waals surface area contributed by atoms with Crippen LogP contribution in [-0.4, -0.2) is 17.0 Å². The molecule has 0 radical (unpaired) electrons. The van der Waals surface area contributed by atoms with Crippen molar-refractivity contribution >= 4 is 16.7 Å². The molecule has 1 aromatic heterocycles. The van der Waals surface area contributed by atoms with E-state index in [0.717, 1.165) is 5.52 Å². The first kappa shape index (κ1) is 11.6. The van der Waals surface area contributed by atoms with Crippen LogP contribution >= 0.6 is 0 Å². The third kappa shape index (κ3) is 1.98. The molecule has 96 valence electrons. The van der Waals surface area contributed by atoms with E-state index in [2.05, 4.69) is 29.4 Å². The van der Waals surface area contributed by atoms with Gasteiger partial charge in [-0.25, -0.2) is 4.98 Å². The largest absolute Gasteiger partial charge is 0.388 e. The molecule has 0 atom stereocenters. The van der Waals surface area contributed by atoms with Crippen LogP contribution in [0.25, 0.3) is 11.0 Å². The monoisotopic (exact) mass is 243 g/mol. The average Bonchev–Trinajstić information content (AvgIpc) is 2.81. The summed E-state index contributed by atoms with van der Waals surface area (Å²) >= 11 is 0. The molecule has 1 saturated carbocycles. The molecule has 1 aromatic carbocycles. The van der Waals surface area contributed by atoms with Crippen LogP contribution in [0.15, 0.2) is 12.1 Å². The minimum Gasteiger partial charge on any atom is -0.388 e. The maximum atomic E-state index is 4.79. The molecule has 3 heteroatoms. The Hall–Kier alpha value is -1.51. The number of aromatic nitrogens is 2. The van der Waals surface area contributed by atoms with Crippen molar-refractivity contribution in [3.63, 3.8) is 0 Å². The summed E-state index contributed by atoms with van der Waals surface area (Å²) in [6.45, 7) is 2.13. The number of fused-ring (bicyclic) bond motifs is 1. The van der Waals surface area contributed by atoms with Gasteiger partial charge < -0.3 is 10.3 Å².